The highest BCUT2D eigenvalue weighted by molar-refractivity contribution is 6.02. The van der Waals surface area contributed by atoms with Gasteiger partial charge in [0.1, 0.15) is 11.6 Å². The van der Waals surface area contributed by atoms with Gasteiger partial charge < -0.3 is 9.94 Å². The fourth-order valence-corrected chi connectivity index (χ4v) is 2.73. The fraction of sp³-hybridized carbons (Fsp3) is 0.0526. The molecule has 0 unspecified atom stereocenters. The van der Waals surface area contributed by atoms with Crippen molar-refractivity contribution in [2.75, 3.05) is 7.11 Å². The lowest BCUT2D eigenvalue weighted by molar-refractivity contribution is 0.0601. The summed E-state index contributed by atoms with van der Waals surface area (Å²) in [5.41, 5.74) is 0.470. The average molecular weight is 341 g/mol. The van der Waals surface area contributed by atoms with Crippen LogP contribution in [0.1, 0.15) is 15.9 Å². The zero-order valence-electron chi connectivity index (χ0n) is 13.2. The lowest BCUT2D eigenvalue weighted by Crippen LogP contribution is -2.01. The van der Waals surface area contributed by atoms with Crippen molar-refractivity contribution < 1.29 is 23.5 Å². The molecule has 0 saturated carbocycles. The molecule has 0 aliphatic carbocycles. The second-order valence-electron chi connectivity index (χ2n) is 5.34. The number of halogens is 2. The van der Waals surface area contributed by atoms with Crippen LogP contribution in [0, 0.1) is 11.6 Å². The van der Waals surface area contributed by atoms with Crippen molar-refractivity contribution in [3.05, 3.63) is 71.3 Å². The van der Waals surface area contributed by atoms with E-state index in [1.54, 1.807) is 36.4 Å². The van der Waals surface area contributed by atoms with Crippen LogP contribution >= 0.6 is 0 Å². The molecule has 0 aromatic heterocycles. The SMILES string of the molecule is COC(=O)c1ccc2cccc(-c3c(F)cc(/C=N/O)cc3F)c2c1. The summed E-state index contributed by atoms with van der Waals surface area (Å²) in [6.45, 7) is 0. The van der Waals surface area contributed by atoms with E-state index < -0.39 is 17.6 Å². The van der Waals surface area contributed by atoms with Gasteiger partial charge in [-0.25, -0.2) is 13.6 Å². The van der Waals surface area contributed by atoms with Crippen molar-refractivity contribution in [2.24, 2.45) is 5.16 Å². The minimum atomic E-state index is -0.800. The number of methoxy groups -OCH3 is 1. The molecule has 25 heavy (non-hydrogen) atoms. The van der Waals surface area contributed by atoms with Gasteiger partial charge in [0, 0.05) is 5.56 Å². The van der Waals surface area contributed by atoms with E-state index >= 15 is 0 Å². The Kier molecular flexibility index (Phi) is 4.43. The molecule has 3 rings (SSSR count). The Hall–Kier alpha value is -3.28. The third kappa shape index (κ3) is 3.06. The van der Waals surface area contributed by atoms with E-state index in [1.807, 2.05) is 0 Å². The van der Waals surface area contributed by atoms with Crippen molar-refractivity contribution in [1.29, 1.82) is 0 Å². The summed E-state index contributed by atoms with van der Waals surface area (Å²) >= 11 is 0. The zero-order chi connectivity index (χ0) is 18.0. The first kappa shape index (κ1) is 16.6. The van der Waals surface area contributed by atoms with E-state index in [0.29, 0.717) is 10.9 Å². The number of esters is 1. The number of ether oxygens (including phenoxy) is 1. The number of oxime groups is 1. The lowest BCUT2D eigenvalue weighted by atomic mass is 9.95. The van der Waals surface area contributed by atoms with E-state index in [0.717, 1.165) is 23.7 Å². The maximum atomic E-state index is 14.5. The molecule has 0 aliphatic heterocycles. The van der Waals surface area contributed by atoms with Crippen LogP contribution in [0.5, 0.6) is 0 Å². The number of fused-ring (bicyclic) bond motifs is 1. The van der Waals surface area contributed by atoms with Crippen LogP contribution < -0.4 is 0 Å². The number of carbonyl (C=O) groups is 1. The first-order valence-electron chi connectivity index (χ1n) is 7.33. The third-order valence-corrected chi connectivity index (χ3v) is 3.84. The second kappa shape index (κ2) is 6.68. The maximum absolute atomic E-state index is 14.5. The average Bonchev–Trinajstić information content (AvgIpc) is 2.60. The molecule has 0 heterocycles. The number of benzene rings is 3. The normalized spacial score (nSPS) is 11.2. The summed E-state index contributed by atoms with van der Waals surface area (Å²) in [6, 6.07) is 12.0. The van der Waals surface area contributed by atoms with E-state index in [9.17, 15) is 13.6 Å². The van der Waals surface area contributed by atoms with Gasteiger partial charge in [0.05, 0.1) is 24.5 Å². The topological polar surface area (TPSA) is 58.9 Å². The summed E-state index contributed by atoms with van der Waals surface area (Å²) in [7, 11) is 1.26. The van der Waals surface area contributed by atoms with Crippen molar-refractivity contribution in [3.8, 4) is 11.1 Å². The maximum Gasteiger partial charge on any atom is 0.337 e. The fourth-order valence-electron chi connectivity index (χ4n) is 2.73. The molecule has 0 bridgehead atoms. The minimum absolute atomic E-state index is 0.0942. The number of carbonyl (C=O) groups excluding carboxylic acids is 1. The third-order valence-electron chi connectivity index (χ3n) is 3.84. The summed E-state index contributed by atoms with van der Waals surface area (Å²) < 4.78 is 33.7. The molecule has 0 radical (unpaired) electrons. The van der Waals surface area contributed by atoms with Crippen LogP contribution in [0.3, 0.4) is 0 Å². The molecule has 1 N–H and O–H groups in total. The quantitative estimate of drug-likeness (QED) is 0.333. The van der Waals surface area contributed by atoms with Crippen molar-refractivity contribution in [1.82, 2.24) is 0 Å². The predicted molar refractivity (Wildman–Crippen MR) is 90.0 cm³/mol. The molecule has 0 saturated heterocycles. The largest absolute Gasteiger partial charge is 0.465 e. The Bertz CT molecular complexity index is 976. The van der Waals surface area contributed by atoms with E-state index in [1.165, 1.54) is 7.11 Å². The molecule has 0 aliphatic rings. The van der Waals surface area contributed by atoms with E-state index in [4.69, 9.17) is 9.94 Å². The van der Waals surface area contributed by atoms with Gasteiger partial charge >= 0.3 is 5.97 Å². The smallest absolute Gasteiger partial charge is 0.337 e. The molecule has 0 spiro atoms. The summed E-state index contributed by atoms with van der Waals surface area (Å²) in [5.74, 6) is -2.14. The van der Waals surface area contributed by atoms with Crippen LogP contribution in [0.15, 0.2) is 53.7 Å². The molecule has 0 fully saturated rings. The molecule has 0 amide bonds. The van der Waals surface area contributed by atoms with Gasteiger partial charge in [-0.1, -0.05) is 29.4 Å². The van der Waals surface area contributed by atoms with Crippen molar-refractivity contribution in [3.63, 3.8) is 0 Å². The minimum Gasteiger partial charge on any atom is -0.465 e. The van der Waals surface area contributed by atoms with Crippen LogP contribution in [-0.2, 0) is 4.74 Å². The number of hydrogen-bond acceptors (Lipinski definition) is 4. The highest BCUT2D eigenvalue weighted by atomic mass is 19.1. The molecule has 126 valence electrons. The molecule has 0 atom stereocenters. The predicted octanol–water partition coefficient (Wildman–Crippen LogP) is 4.38. The van der Waals surface area contributed by atoms with Crippen molar-refractivity contribution >= 4 is 23.0 Å². The first-order chi connectivity index (χ1) is 12.0. The van der Waals surface area contributed by atoms with Gasteiger partial charge in [-0.15, -0.1) is 0 Å². The molecule has 4 nitrogen and oxygen atoms in total. The second-order valence-corrected chi connectivity index (χ2v) is 5.34. The number of hydrogen-bond donors (Lipinski definition) is 1. The lowest BCUT2D eigenvalue weighted by Gasteiger charge is -2.11. The van der Waals surface area contributed by atoms with Crippen LogP contribution in [-0.4, -0.2) is 24.5 Å². The molecule has 3 aromatic carbocycles. The first-order valence-corrected chi connectivity index (χ1v) is 7.33. The van der Waals surface area contributed by atoms with E-state index in [-0.39, 0.29) is 16.7 Å². The van der Waals surface area contributed by atoms with Gasteiger partial charge in [-0.3, -0.25) is 0 Å². The van der Waals surface area contributed by atoms with Gasteiger partial charge in [-0.2, -0.15) is 0 Å². The number of rotatable bonds is 3. The van der Waals surface area contributed by atoms with Crippen molar-refractivity contribution in [2.45, 2.75) is 0 Å². The molecular weight excluding hydrogens is 328 g/mol. The standard InChI is InChI=1S/C19H13F2NO3/c1-25-19(23)13-6-5-12-3-2-4-14(15(12)9-13)18-16(20)7-11(10-22-24)8-17(18)21/h2-10,24H,1H3/b22-10+. The monoisotopic (exact) mass is 341 g/mol. The van der Waals surface area contributed by atoms with Crippen LogP contribution in [0.4, 0.5) is 8.78 Å². The van der Waals surface area contributed by atoms with E-state index in [2.05, 4.69) is 5.16 Å². The highest BCUT2D eigenvalue weighted by Gasteiger charge is 2.16. The molecule has 6 heteroatoms. The number of nitrogens with zero attached hydrogens (tertiary/aromatic N) is 1. The summed E-state index contributed by atoms with van der Waals surface area (Å²) in [6.07, 6.45) is 0.939. The Labute approximate surface area is 142 Å². The van der Waals surface area contributed by atoms with Crippen LogP contribution in [0.2, 0.25) is 0 Å². The Morgan fingerprint density at radius 1 is 1.12 bits per heavy atom. The Morgan fingerprint density at radius 2 is 1.84 bits per heavy atom. The Morgan fingerprint density at radius 3 is 2.48 bits per heavy atom. The summed E-state index contributed by atoms with van der Waals surface area (Å²) in [5, 5.41) is 12.5. The highest BCUT2D eigenvalue weighted by Crippen LogP contribution is 2.33. The Balaban J connectivity index is 2.27. The summed E-state index contributed by atoms with van der Waals surface area (Å²) in [4.78, 5) is 11.7. The van der Waals surface area contributed by atoms with Gasteiger partial charge in [0.15, 0.2) is 0 Å². The molecular formula is C19H13F2NO3. The van der Waals surface area contributed by atoms with Gasteiger partial charge in [0.2, 0.25) is 0 Å². The molecule has 3 aromatic rings. The van der Waals surface area contributed by atoms with Gasteiger partial charge in [0.25, 0.3) is 0 Å². The zero-order valence-corrected chi connectivity index (χ0v) is 13.2. The van der Waals surface area contributed by atoms with Gasteiger partial charge in [-0.05, 0) is 40.6 Å². The van der Waals surface area contributed by atoms with Crippen LogP contribution in [0.25, 0.3) is 21.9 Å².